The van der Waals surface area contributed by atoms with Crippen LogP contribution in [-0.4, -0.2) is 66.4 Å². The summed E-state index contributed by atoms with van der Waals surface area (Å²) in [5.41, 5.74) is 0.890. The number of carbonyl (C=O) groups excluding carboxylic acids is 2. The minimum absolute atomic E-state index is 0.00680. The average Bonchev–Trinajstić information content (AvgIpc) is 2.95. The number of sulfonamides is 2. The molecule has 13 nitrogen and oxygen atoms in total. The Hall–Kier alpha value is -4.66. The molecule has 0 radical (unpaired) electrons. The molecule has 1 saturated heterocycles. The van der Waals surface area contributed by atoms with Gasteiger partial charge in [-0.15, -0.1) is 0 Å². The molecule has 0 saturated carbocycles. The quantitative estimate of drug-likeness (QED) is 0.266. The Labute approximate surface area is 265 Å². The van der Waals surface area contributed by atoms with Crippen LogP contribution in [0.2, 0.25) is 0 Å². The van der Waals surface area contributed by atoms with Crippen LogP contribution in [0.4, 0.5) is 14.6 Å². The third-order valence-corrected chi connectivity index (χ3v) is 8.11. The highest BCUT2D eigenvalue weighted by Gasteiger charge is 2.37. The van der Waals surface area contributed by atoms with Gasteiger partial charge in [0.2, 0.25) is 31.8 Å². The number of hydrogen-bond donors (Lipinski definition) is 2. The maximum absolute atomic E-state index is 12.7. The zero-order valence-electron chi connectivity index (χ0n) is 24.5. The predicted octanol–water partition coefficient (Wildman–Crippen LogP) is 2.33. The number of anilines is 1. The molecule has 2 aromatic carbocycles. The van der Waals surface area contributed by atoms with Gasteiger partial charge in [0.25, 0.3) is 6.43 Å². The van der Waals surface area contributed by atoms with Crippen LogP contribution in [0.5, 0.6) is 5.88 Å². The lowest BCUT2D eigenvalue weighted by molar-refractivity contribution is -0.123. The molecule has 0 atom stereocenters. The van der Waals surface area contributed by atoms with E-state index in [0.29, 0.717) is 5.56 Å². The largest absolute Gasteiger partial charge is 0.471 e. The van der Waals surface area contributed by atoms with Crippen molar-refractivity contribution in [1.29, 1.82) is 5.26 Å². The van der Waals surface area contributed by atoms with Crippen molar-refractivity contribution in [2.24, 2.45) is 11.1 Å². The van der Waals surface area contributed by atoms with E-state index in [-0.39, 0.29) is 48.1 Å². The van der Waals surface area contributed by atoms with Gasteiger partial charge in [-0.1, -0.05) is 60.7 Å². The molecule has 3 N–H and O–H groups in total. The number of benzene rings is 2. The molecule has 0 bridgehead atoms. The van der Waals surface area contributed by atoms with Crippen LogP contribution in [0.1, 0.15) is 34.0 Å². The first-order chi connectivity index (χ1) is 21.7. The molecule has 246 valence electrons. The van der Waals surface area contributed by atoms with Gasteiger partial charge in [-0.2, -0.15) is 10.2 Å². The van der Waals surface area contributed by atoms with Crippen LogP contribution in [-0.2, 0) is 41.1 Å². The second-order valence-electron chi connectivity index (χ2n) is 9.85. The second-order valence-corrected chi connectivity index (χ2v) is 13.2. The number of pyridine rings is 1. The number of amides is 1. The summed E-state index contributed by atoms with van der Waals surface area (Å²) in [5.74, 6) is -3.20. The first-order valence-corrected chi connectivity index (χ1v) is 17.0. The van der Waals surface area contributed by atoms with E-state index in [1.165, 1.54) is 4.90 Å². The highest BCUT2D eigenvalue weighted by Crippen LogP contribution is 2.31. The van der Waals surface area contributed by atoms with E-state index in [0.717, 1.165) is 11.6 Å². The summed E-state index contributed by atoms with van der Waals surface area (Å²) in [6.07, 6.45) is -2.83. The van der Waals surface area contributed by atoms with Gasteiger partial charge in [-0.25, -0.2) is 35.5 Å². The molecule has 17 heteroatoms. The molecule has 0 unspecified atom stereocenters. The molecule has 0 spiro atoms. The SMILES string of the molecule is CCOC(=O)c1cc(C#N)c(N2CC(C(=O)NS(=O)(=O)Cc3ccccc3)C2)nc1OCC(F)F.NS(=O)(=O)Cc1ccccc1. The molecule has 1 aliphatic rings. The van der Waals surface area contributed by atoms with Gasteiger partial charge < -0.3 is 14.4 Å². The van der Waals surface area contributed by atoms with E-state index < -0.39 is 56.8 Å². The monoisotopic (exact) mass is 679 g/mol. The van der Waals surface area contributed by atoms with Crippen LogP contribution < -0.4 is 19.5 Å². The Morgan fingerprint density at radius 3 is 2.11 bits per heavy atom. The normalized spacial score (nSPS) is 13.1. The maximum Gasteiger partial charge on any atom is 0.343 e. The molecule has 1 fully saturated rings. The van der Waals surface area contributed by atoms with Crippen LogP contribution in [0.25, 0.3) is 0 Å². The molecule has 1 amide bonds. The number of hydrogen-bond acceptors (Lipinski definition) is 11. The van der Waals surface area contributed by atoms with Crippen LogP contribution in [0, 0.1) is 17.2 Å². The summed E-state index contributed by atoms with van der Waals surface area (Å²) in [7, 11) is -7.30. The number of ether oxygens (including phenoxy) is 2. The lowest BCUT2D eigenvalue weighted by Gasteiger charge is -2.39. The summed E-state index contributed by atoms with van der Waals surface area (Å²) in [6, 6.07) is 20.2. The van der Waals surface area contributed by atoms with E-state index in [1.807, 2.05) is 16.9 Å². The zero-order valence-corrected chi connectivity index (χ0v) is 26.1. The molecule has 46 heavy (non-hydrogen) atoms. The second kappa shape index (κ2) is 16.1. The smallest absolute Gasteiger partial charge is 0.343 e. The summed E-state index contributed by atoms with van der Waals surface area (Å²) in [4.78, 5) is 30.2. The van der Waals surface area contributed by atoms with Gasteiger partial charge in [0, 0.05) is 13.1 Å². The van der Waals surface area contributed by atoms with Gasteiger partial charge in [0.15, 0.2) is 12.4 Å². The summed E-state index contributed by atoms with van der Waals surface area (Å²) < 4.78 is 83.0. The standard InChI is InChI=1S/C22H22F2N4O6S.C7H9NO2S/c1-2-33-22(30)17-8-15(9-25)19(26-21(17)34-12-18(23)24)28-10-16(11-28)20(29)27-35(31,32)13-14-6-4-3-5-7-14;8-11(9,10)6-7-4-2-1-3-5-7/h3-8,16,18H,2,10-13H2,1H3,(H,27,29);1-5H,6H2,(H2,8,9,10). The molecule has 2 heterocycles. The lowest BCUT2D eigenvalue weighted by Crippen LogP contribution is -2.55. The van der Waals surface area contributed by atoms with Crippen molar-refractivity contribution in [3.8, 4) is 11.9 Å². The Morgan fingerprint density at radius 2 is 1.61 bits per heavy atom. The molecule has 1 aromatic heterocycles. The first kappa shape index (κ1) is 35.8. The van der Waals surface area contributed by atoms with Gasteiger partial charge in [-0.05, 0) is 24.1 Å². The number of primary sulfonamides is 1. The topological polar surface area (TPSA) is 199 Å². The molecule has 4 rings (SSSR count). The Bertz CT molecular complexity index is 1770. The minimum atomic E-state index is -3.92. The van der Waals surface area contributed by atoms with E-state index >= 15 is 0 Å². The van der Waals surface area contributed by atoms with Gasteiger partial charge in [0.1, 0.15) is 11.6 Å². The molecule has 3 aromatic rings. The first-order valence-electron chi connectivity index (χ1n) is 13.6. The predicted molar refractivity (Wildman–Crippen MR) is 163 cm³/mol. The number of rotatable bonds is 12. The minimum Gasteiger partial charge on any atom is -0.471 e. The Morgan fingerprint density at radius 1 is 1.04 bits per heavy atom. The number of aromatic nitrogens is 1. The third kappa shape index (κ3) is 11.1. The summed E-state index contributed by atoms with van der Waals surface area (Å²) in [6.45, 7) is 0.556. The Balaban J connectivity index is 0.000000441. The van der Waals surface area contributed by atoms with Crippen molar-refractivity contribution >= 4 is 37.7 Å². The summed E-state index contributed by atoms with van der Waals surface area (Å²) >= 11 is 0. The Kier molecular flexibility index (Phi) is 12.5. The molecular weight excluding hydrogens is 648 g/mol. The maximum atomic E-state index is 12.7. The van der Waals surface area contributed by atoms with Crippen molar-refractivity contribution in [2.45, 2.75) is 24.9 Å². The highest BCUT2D eigenvalue weighted by atomic mass is 32.2. The average molecular weight is 680 g/mol. The van der Waals surface area contributed by atoms with Crippen molar-refractivity contribution < 1.29 is 44.7 Å². The number of alkyl halides is 2. The summed E-state index contributed by atoms with van der Waals surface area (Å²) in [5, 5.41) is 14.4. The molecular formula is C29H31F2N5O8S2. The van der Waals surface area contributed by atoms with Gasteiger partial charge in [0.05, 0.1) is 29.6 Å². The van der Waals surface area contributed by atoms with Gasteiger partial charge in [-0.3, -0.25) is 9.52 Å². The number of nitrogens with two attached hydrogens (primary N) is 1. The fraction of sp³-hybridized carbons (Fsp3) is 0.310. The number of halogens is 2. The molecule has 1 aliphatic heterocycles. The van der Waals surface area contributed by atoms with Crippen LogP contribution in [0.15, 0.2) is 66.7 Å². The van der Waals surface area contributed by atoms with E-state index in [2.05, 4.69) is 4.98 Å². The number of esters is 1. The fourth-order valence-electron chi connectivity index (χ4n) is 4.11. The number of nitrogens with one attached hydrogen (secondary N) is 1. The van der Waals surface area contributed by atoms with Crippen LogP contribution >= 0.6 is 0 Å². The van der Waals surface area contributed by atoms with Crippen molar-refractivity contribution in [3.63, 3.8) is 0 Å². The third-order valence-electron chi connectivity index (χ3n) is 6.15. The van der Waals surface area contributed by atoms with Crippen LogP contribution in [0.3, 0.4) is 0 Å². The van der Waals surface area contributed by atoms with E-state index in [9.17, 15) is 40.5 Å². The number of carbonyl (C=O) groups is 2. The zero-order chi connectivity index (χ0) is 33.9. The van der Waals surface area contributed by atoms with Crippen molar-refractivity contribution in [1.82, 2.24) is 9.71 Å². The van der Waals surface area contributed by atoms with Crippen molar-refractivity contribution in [3.05, 3.63) is 89.0 Å². The van der Waals surface area contributed by atoms with E-state index in [4.69, 9.17) is 14.6 Å². The van der Waals surface area contributed by atoms with Crippen molar-refractivity contribution in [2.75, 3.05) is 31.2 Å². The highest BCUT2D eigenvalue weighted by molar-refractivity contribution is 7.89. The van der Waals surface area contributed by atoms with E-state index in [1.54, 1.807) is 61.5 Å². The number of nitriles is 1. The lowest BCUT2D eigenvalue weighted by atomic mass is 9.98. The number of nitrogens with zero attached hydrogens (tertiary/aromatic N) is 3. The van der Waals surface area contributed by atoms with Gasteiger partial charge >= 0.3 is 5.97 Å². The molecule has 0 aliphatic carbocycles. The fourth-order valence-corrected chi connectivity index (χ4v) is 5.94.